The van der Waals surface area contributed by atoms with E-state index in [-0.39, 0.29) is 5.91 Å². The predicted octanol–water partition coefficient (Wildman–Crippen LogP) is 6.06. The van der Waals surface area contributed by atoms with Gasteiger partial charge in [-0.15, -0.1) is 0 Å². The Morgan fingerprint density at radius 1 is 0.857 bits per heavy atom. The van der Waals surface area contributed by atoms with Crippen LogP contribution in [0.5, 0.6) is 0 Å². The van der Waals surface area contributed by atoms with Crippen molar-refractivity contribution in [3.63, 3.8) is 0 Å². The maximum atomic E-state index is 13.1. The molecule has 0 saturated carbocycles. The highest BCUT2D eigenvalue weighted by Crippen LogP contribution is 2.35. The molecular formula is C28H44N2O4S. The average molecular weight is 505 g/mol. The molecule has 0 bridgehead atoms. The second kappa shape index (κ2) is 16.5. The van der Waals surface area contributed by atoms with Gasteiger partial charge in [0.1, 0.15) is 0 Å². The van der Waals surface area contributed by atoms with Gasteiger partial charge in [-0.1, -0.05) is 108 Å². The Hall–Kier alpha value is -2.12. The Bertz CT molecular complexity index is 967. The van der Waals surface area contributed by atoms with Crippen molar-refractivity contribution in [1.82, 2.24) is 5.32 Å². The quantitative estimate of drug-likeness (QED) is 0.147. The Kier molecular flexibility index (Phi) is 13.8. The fourth-order valence-corrected chi connectivity index (χ4v) is 5.10. The van der Waals surface area contributed by atoms with Gasteiger partial charge < -0.3 is 10.4 Å². The summed E-state index contributed by atoms with van der Waals surface area (Å²) in [5, 5.41) is 15.1. The van der Waals surface area contributed by atoms with Crippen molar-refractivity contribution in [3.05, 3.63) is 42.0 Å². The van der Waals surface area contributed by atoms with E-state index in [9.17, 15) is 18.3 Å². The highest BCUT2D eigenvalue weighted by molar-refractivity contribution is 7.73. The minimum absolute atomic E-state index is 0.288. The molecule has 2 aromatic rings. The van der Waals surface area contributed by atoms with Gasteiger partial charge in [0.2, 0.25) is 16.8 Å². The minimum Gasteiger partial charge on any atom is -0.392 e. The molecule has 2 atom stereocenters. The first-order chi connectivity index (χ1) is 17.0. The van der Waals surface area contributed by atoms with Crippen LogP contribution in [0.4, 0.5) is 5.69 Å². The van der Waals surface area contributed by atoms with Gasteiger partial charge in [-0.25, -0.2) is 8.42 Å². The van der Waals surface area contributed by atoms with Gasteiger partial charge in [-0.05, 0) is 35.7 Å². The third kappa shape index (κ3) is 10.2. The number of rotatable bonds is 18. The van der Waals surface area contributed by atoms with Crippen molar-refractivity contribution in [3.8, 4) is 0 Å². The molecule has 0 unspecified atom stereocenters. The Labute approximate surface area is 213 Å². The lowest BCUT2D eigenvalue weighted by Crippen LogP contribution is -2.36. The van der Waals surface area contributed by atoms with E-state index in [0.717, 1.165) is 23.6 Å². The number of aliphatic hydroxyl groups excluding tert-OH is 1. The van der Waals surface area contributed by atoms with Crippen molar-refractivity contribution < 1.29 is 18.3 Å². The molecule has 7 heteroatoms. The standard InChI is InChI=1S/C28H44N2O4S/c1-3-4-5-6-7-8-9-10-11-12-13-16-21-29-28(32)26(22(2)31)27-24-18-15-14-17-23(24)19-20-25(27)30-35(33)34/h14-15,17-20,22,26,31,35H,3-13,16,21H2,1-2H3,(H,29,32)(H,30,33,34)/t22-,26-/m1/s1. The number of carbonyl (C=O) groups is 1. The van der Waals surface area contributed by atoms with E-state index in [1.165, 1.54) is 64.2 Å². The normalized spacial score (nSPS) is 13.1. The summed E-state index contributed by atoms with van der Waals surface area (Å²) >= 11 is 0. The topological polar surface area (TPSA) is 95.5 Å². The number of thiol groups is 1. The second-order valence-corrected chi connectivity index (χ2v) is 10.3. The monoisotopic (exact) mass is 504 g/mol. The van der Waals surface area contributed by atoms with Crippen molar-refractivity contribution >= 4 is 33.3 Å². The van der Waals surface area contributed by atoms with Crippen LogP contribution in [0.2, 0.25) is 0 Å². The first-order valence-electron chi connectivity index (χ1n) is 13.3. The van der Waals surface area contributed by atoms with E-state index < -0.39 is 22.9 Å². The van der Waals surface area contributed by atoms with Crippen LogP contribution in [0.15, 0.2) is 36.4 Å². The Morgan fingerprint density at radius 2 is 1.43 bits per heavy atom. The van der Waals surface area contributed by atoms with Crippen LogP contribution in [-0.2, 0) is 15.7 Å². The zero-order valence-electron chi connectivity index (χ0n) is 21.4. The zero-order chi connectivity index (χ0) is 25.5. The summed E-state index contributed by atoms with van der Waals surface area (Å²) in [6, 6.07) is 10.9. The average Bonchev–Trinajstić information content (AvgIpc) is 2.83. The van der Waals surface area contributed by atoms with Crippen LogP contribution in [0.25, 0.3) is 10.8 Å². The van der Waals surface area contributed by atoms with Crippen LogP contribution in [0, 0.1) is 0 Å². The van der Waals surface area contributed by atoms with Gasteiger partial charge in [0.15, 0.2) is 0 Å². The van der Waals surface area contributed by atoms with Crippen molar-refractivity contribution in [1.29, 1.82) is 0 Å². The first-order valence-corrected chi connectivity index (χ1v) is 14.5. The van der Waals surface area contributed by atoms with E-state index in [1.807, 2.05) is 30.3 Å². The maximum absolute atomic E-state index is 13.1. The smallest absolute Gasteiger partial charge is 0.230 e. The van der Waals surface area contributed by atoms with E-state index in [0.29, 0.717) is 17.8 Å². The molecule has 1 amide bonds. The highest BCUT2D eigenvalue weighted by Gasteiger charge is 2.29. The lowest BCUT2D eigenvalue weighted by atomic mass is 9.87. The fourth-order valence-electron chi connectivity index (χ4n) is 4.71. The fraction of sp³-hybridized carbons (Fsp3) is 0.607. The van der Waals surface area contributed by atoms with Crippen LogP contribution in [0.1, 0.15) is 102 Å². The molecule has 0 spiro atoms. The van der Waals surface area contributed by atoms with E-state index in [2.05, 4.69) is 17.0 Å². The van der Waals surface area contributed by atoms with Gasteiger partial charge >= 0.3 is 0 Å². The molecule has 3 N–H and O–H groups in total. The number of nitrogens with one attached hydrogen (secondary N) is 2. The van der Waals surface area contributed by atoms with Crippen LogP contribution in [0.3, 0.4) is 0 Å². The molecule has 0 aliphatic carbocycles. The summed E-state index contributed by atoms with van der Waals surface area (Å²) in [4.78, 5) is 13.1. The lowest BCUT2D eigenvalue weighted by molar-refractivity contribution is -0.124. The molecule has 196 valence electrons. The van der Waals surface area contributed by atoms with E-state index in [1.54, 1.807) is 13.0 Å². The number of fused-ring (bicyclic) bond motifs is 1. The van der Waals surface area contributed by atoms with Crippen LogP contribution >= 0.6 is 0 Å². The Balaban J connectivity index is 1.84. The third-order valence-electron chi connectivity index (χ3n) is 6.59. The van der Waals surface area contributed by atoms with Gasteiger partial charge in [0, 0.05) is 6.54 Å². The summed E-state index contributed by atoms with van der Waals surface area (Å²) in [5.74, 6) is -1.17. The van der Waals surface area contributed by atoms with E-state index in [4.69, 9.17) is 0 Å². The van der Waals surface area contributed by atoms with Crippen LogP contribution < -0.4 is 10.0 Å². The molecule has 0 aliphatic heterocycles. The number of hydrogen-bond donors (Lipinski definition) is 4. The first kappa shape index (κ1) is 29.1. The number of unbranched alkanes of at least 4 members (excludes halogenated alkanes) is 11. The molecule has 0 saturated heterocycles. The third-order valence-corrected chi connectivity index (χ3v) is 7.01. The molecule has 6 nitrogen and oxygen atoms in total. The number of benzene rings is 2. The SMILES string of the molecule is CCCCCCCCCCCCCCNC(=O)[C@@H](c1c(N[SH](=O)=O)ccc2ccccc12)[C@@H](C)O. The summed E-state index contributed by atoms with van der Waals surface area (Å²) in [5.41, 5.74) is 0.829. The zero-order valence-corrected chi connectivity index (χ0v) is 22.3. The predicted molar refractivity (Wildman–Crippen MR) is 146 cm³/mol. The van der Waals surface area contributed by atoms with E-state index >= 15 is 0 Å². The van der Waals surface area contributed by atoms with Gasteiger partial charge in [0.05, 0.1) is 17.7 Å². The van der Waals surface area contributed by atoms with Crippen molar-refractivity contribution in [2.45, 2.75) is 103 Å². The molecule has 2 aromatic carbocycles. The molecule has 0 radical (unpaired) electrons. The largest absolute Gasteiger partial charge is 0.392 e. The highest BCUT2D eigenvalue weighted by atomic mass is 32.2. The van der Waals surface area contributed by atoms with Crippen molar-refractivity contribution in [2.24, 2.45) is 0 Å². The summed E-state index contributed by atoms with van der Waals surface area (Å²) in [6.45, 7) is 4.36. The van der Waals surface area contributed by atoms with Gasteiger partial charge in [0.25, 0.3) is 0 Å². The molecule has 0 fully saturated rings. The summed E-state index contributed by atoms with van der Waals surface area (Å²) < 4.78 is 25.2. The molecule has 0 aliphatic rings. The number of amides is 1. The molecular weight excluding hydrogens is 460 g/mol. The maximum Gasteiger partial charge on any atom is 0.230 e. The van der Waals surface area contributed by atoms with Gasteiger partial charge in [-0.2, -0.15) is 0 Å². The second-order valence-electron chi connectivity index (χ2n) is 9.52. The lowest BCUT2D eigenvalue weighted by Gasteiger charge is -2.24. The molecule has 35 heavy (non-hydrogen) atoms. The summed E-state index contributed by atoms with van der Waals surface area (Å²) in [7, 11) is -2.90. The number of carbonyl (C=O) groups excluding carboxylic acids is 1. The summed E-state index contributed by atoms with van der Waals surface area (Å²) in [6.07, 6.45) is 14.1. The minimum atomic E-state index is -2.90. The molecule has 0 heterocycles. The van der Waals surface area contributed by atoms with Crippen molar-refractivity contribution in [2.75, 3.05) is 11.3 Å². The number of aliphatic hydroxyl groups is 1. The molecule has 2 rings (SSSR count). The number of anilines is 1. The molecule has 0 aromatic heterocycles. The van der Waals surface area contributed by atoms with Gasteiger partial charge in [-0.3, -0.25) is 9.52 Å². The number of hydrogen-bond acceptors (Lipinski definition) is 4. The Morgan fingerprint density at radius 3 is 2.00 bits per heavy atom. The van der Waals surface area contributed by atoms with Crippen LogP contribution in [-0.4, -0.2) is 32.1 Å².